The molecule has 1 aromatic carbocycles. The van der Waals surface area contributed by atoms with Crippen LogP contribution >= 0.6 is 11.6 Å². The van der Waals surface area contributed by atoms with Crippen molar-refractivity contribution in [3.05, 3.63) is 34.3 Å². The van der Waals surface area contributed by atoms with Gasteiger partial charge in [-0.15, -0.1) is 0 Å². The molecule has 94 valence electrons. The van der Waals surface area contributed by atoms with Crippen molar-refractivity contribution in [2.45, 2.75) is 19.8 Å². The van der Waals surface area contributed by atoms with Gasteiger partial charge in [-0.3, -0.25) is 4.79 Å². The summed E-state index contributed by atoms with van der Waals surface area (Å²) in [5.74, 6) is -0.0824. The number of hydrogen-bond donors (Lipinski definition) is 0. The van der Waals surface area contributed by atoms with Gasteiger partial charge in [0.25, 0.3) is 0 Å². The second-order valence-corrected chi connectivity index (χ2v) is 6.81. The lowest BCUT2D eigenvalue weighted by molar-refractivity contribution is 0.0982. The molecule has 0 aliphatic carbocycles. The summed E-state index contributed by atoms with van der Waals surface area (Å²) >= 11 is 5.95. The molecule has 17 heavy (non-hydrogen) atoms. The van der Waals surface area contributed by atoms with Gasteiger partial charge in [0.05, 0.1) is 10.8 Å². The number of halogens is 1. The van der Waals surface area contributed by atoms with Crippen LogP contribution in [-0.2, 0) is 9.84 Å². The largest absolute Gasteiger partial charge is 0.294 e. The van der Waals surface area contributed by atoms with Gasteiger partial charge < -0.3 is 0 Å². The molecule has 0 bridgehead atoms. The molecule has 0 radical (unpaired) electrons. The molecule has 5 heteroatoms. The van der Waals surface area contributed by atoms with Crippen LogP contribution in [0.2, 0.25) is 5.02 Å². The predicted octanol–water partition coefficient (Wildman–Crippen LogP) is 2.66. The smallest absolute Gasteiger partial charge is 0.164 e. The summed E-state index contributed by atoms with van der Waals surface area (Å²) in [7, 11) is -3.00. The van der Waals surface area contributed by atoms with Crippen LogP contribution in [0.15, 0.2) is 18.2 Å². The molecule has 1 rings (SSSR count). The van der Waals surface area contributed by atoms with Gasteiger partial charge in [-0.2, -0.15) is 0 Å². The third-order valence-corrected chi connectivity index (χ3v) is 3.69. The molecule has 0 atom stereocenters. The Morgan fingerprint density at radius 1 is 1.35 bits per heavy atom. The Morgan fingerprint density at radius 3 is 2.53 bits per heavy atom. The standard InChI is InChI=1S/C12H15ClO3S/c1-9-5-6-10(11(13)8-9)12(14)4-3-7-17(2,15)16/h5-6,8H,3-4,7H2,1-2H3. The molecule has 0 aliphatic heterocycles. The quantitative estimate of drug-likeness (QED) is 0.776. The maximum atomic E-state index is 11.8. The number of Topliss-reactive ketones (excluding diaryl/α,β-unsaturated/α-hetero) is 1. The lowest BCUT2D eigenvalue weighted by Crippen LogP contribution is -2.07. The molecule has 1 aromatic rings. The van der Waals surface area contributed by atoms with Gasteiger partial charge in [-0.05, 0) is 31.0 Å². The molecular formula is C12H15ClO3S. The van der Waals surface area contributed by atoms with Gasteiger partial charge in [0.15, 0.2) is 5.78 Å². The fraction of sp³-hybridized carbons (Fsp3) is 0.417. The van der Waals surface area contributed by atoms with Crippen molar-refractivity contribution in [1.82, 2.24) is 0 Å². The van der Waals surface area contributed by atoms with E-state index in [2.05, 4.69) is 0 Å². The lowest BCUT2D eigenvalue weighted by atomic mass is 10.1. The molecule has 0 fully saturated rings. The van der Waals surface area contributed by atoms with E-state index >= 15 is 0 Å². The highest BCUT2D eigenvalue weighted by Crippen LogP contribution is 2.19. The van der Waals surface area contributed by atoms with Crippen LogP contribution in [0, 0.1) is 6.92 Å². The first-order chi connectivity index (χ1) is 7.79. The zero-order valence-electron chi connectivity index (χ0n) is 9.86. The van der Waals surface area contributed by atoms with E-state index in [0.717, 1.165) is 11.8 Å². The van der Waals surface area contributed by atoms with Crippen molar-refractivity contribution in [3.8, 4) is 0 Å². The Morgan fingerprint density at radius 2 is 2.00 bits per heavy atom. The monoisotopic (exact) mass is 274 g/mol. The van der Waals surface area contributed by atoms with Crippen molar-refractivity contribution in [2.24, 2.45) is 0 Å². The highest BCUT2D eigenvalue weighted by molar-refractivity contribution is 7.90. The predicted molar refractivity (Wildman–Crippen MR) is 69.5 cm³/mol. The van der Waals surface area contributed by atoms with Crippen molar-refractivity contribution in [2.75, 3.05) is 12.0 Å². The Hall–Kier alpha value is -0.870. The molecule has 0 aliphatic rings. The van der Waals surface area contributed by atoms with Crippen LogP contribution < -0.4 is 0 Å². The van der Waals surface area contributed by atoms with Crippen molar-refractivity contribution in [1.29, 1.82) is 0 Å². The Kier molecular flexibility index (Phi) is 4.71. The molecule has 0 heterocycles. The van der Waals surface area contributed by atoms with Gasteiger partial charge in [-0.25, -0.2) is 8.42 Å². The number of sulfone groups is 1. The second-order valence-electron chi connectivity index (χ2n) is 4.14. The lowest BCUT2D eigenvalue weighted by Gasteiger charge is -2.04. The van der Waals surface area contributed by atoms with Crippen LogP contribution in [-0.4, -0.2) is 26.2 Å². The third kappa shape index (κ3) is 4.88. The minimum absolute atomic E-state index is 0.0300. The van der Waals surface area contributed by atoms with E-state index in [1.807, 2.05) is 13.0 Å². The first-order valence-corrected chi connectivity index (χ1v) is 7.70. The van der Waals surface area contributed by atoms with Crippen LogP contribution in [0.3, 0.4) is 0 Å². The topological polar surface area (TPSA) is 51.2 Å². The molecule has 0 N–H and O–H groups in total. The van der Waals surface area contributed by atoms with Crippen molar-refractivity contribution in [3.63, 3.8) is 0 Å². The average molecular weight is 275 g/mol. The summed E-state index contributed by atoms with van der Waals surface area (Å²) in [5, 5.41) is 0.425. The van der Waals surface area contributed by atoms with Crippen LogP contribution in [0.25, 0.3) is 0 Å². The third-order valence-electron chi connectivity index (χ3n) is 2.34. The molecule has 0 amide bonds. The van der Waals surface area contributed by atoms with Gasteiger partial charge in [0, 0.05) is 18.2 Å². The SMILES string of the molecule is Cc1ccc(C(=O)CCCS(C)(=O)=O)c(Cl)c1. The molecule has 0 unspecified atom stereocenters. The Balaban J connectivity index is 2.65. The van der Waals surface area contributed by atoms with Gasteiger partial charge in [0.2, 0.25) is 0 Å². The number of benzene rings is 1. The second kappa shape index (κ2) is 5.65. The fourth-order valence-electron chi connectivity index (χ4n) is 1.48. The number of ketones is 1. The number of aryl methyl sites for hydroxylation is 1. The van der Waals surface area contributed by atoms with E-state index in [1.165, 1.54) is 0 Å². The van der Waals surface area contributed by atoms with E-state index in [-0.39, 0.29) is 18.0 Å². The maximum absolute atomic E-state index is 11.8. The highest BCUT2D eigenvalue weighted by atomic mass is 35.5. The Bertz CT molecular complexity index is 521. The van der Waals surface area contributed by atoms with E-state index in [9.17, 15) is 13.2 Å². The van der Waals surface area contributed by atoms with E-state index in [1.54, 1.807) is 12.1 Å². The summed E-state index contributed by atoms with van der Waals surface area (Å²) in [6.07, 6.45) is 1.70. The number of carbonyl (C=O) groups is 1. The molecular weight excluding hydrogens is 260 g/mol. The fourth-order valence-corrected chi connectivity index (χ4v) is 2.49. The van der Waals surface area contributed by atoms with E-state index < -0.39 is 9.84 Å². The number of carbonyl (C=O) groups excluding carboxylic acids is 1. The summed E-state index contributed by atoms with van der Waals surface area (Å²) < 4.78 is 21.8. The van der Waals surface area contributed by atoms with Crippen LogP contribution in [0.1, 0.15) is 28.8 Å². The maximum Gasteiger partial charge on any atom is 0.164 e. The van der Waals surface area contributed by atoms with Crippen LogP contribution in [0.4, 0.5) is 0 Å². The summed E-state index contributed by atoms with van der Waals surface area (Å²) in [6, 6.07) is 5.22. The zero-order valence-corrected chi connectivity index (χ0v) is 11.4. The first-order valence-electron chi connectivity index (χ1n) is 5.26. The van der Waals surface area contributed by atoms with Gasteiger partial charge in [0.1, 0.15) is 9.84 Å². The minimum Gasteiger partial charge on any atom is -0.294 e. The summed E-state index contributed by atoms with van der Waals surface area (Å²) in [5.41, 5.74) is 1.45. The zero-order chi connectivity index (χ0) is 13.1. The van der Waals surface area contributed by atoms with Crippen molar-refractivity contribution >= 4 is 27.2 Å². The average Bonchev–Trinajstić information content (AvgIpc) is 2.15. The van der Waals surface area contributed by atoms with E-state index in [4.69, 9.17) is 11.6 Å². The molecule has 0 saturated heterocycles. The molecule has 3 nitrogen and oxygen atoms in total. The minimum atomic E-state index is -3.00. The van der Waals surface area contributed by atoms with E-state index in [0.29, 0.717) is 17.0 Å². The molecule has 0 aromatic heterocycles. The normalized spacial score (nSPS) is 11.5. The van der Waals surface area contributed by atoms with Gasteiger partial charge >= 0.3 is 0 Å². The summed E-state index contributed by atoms with van der Waals surface area (Å²) in [6.45, 7) is 1.89. The highest BCUT2D eigenvalue weighted by Gasteiger charge is 2.11. The van der Waals surface area contributed by atoms with Crippen LogP contribution in [0.5, 0.6) is 0 Å². The summed E-state index contributed by atoms with van der Waals surface area (Å²) in [4.78, 5) is 11.8. The molecule has 0 saturated carbocycles. The van der Waals surface area contributed by atoms with Crippen molar-refractivity contribution < 1.29 is 13.2 Å². The number of hydrogen-bond acceptors (Lipinski definition) is 3. The first kappa shape index (κ1) is 14.2. The number of rotatable bonds is 5. The van der Waals surface area contributed by atoms with Gasteiger partial charge in [-0.1, -0.05) is 17.7 Å². The Labute approximate surface area is 107 Å². The molecule has 0 spiro atoms.